The Morgan fingerprint density at radius 2 is 2.06 bits per heavy atom. The first-order valence-corrected chi connectivity index (χ1v) is 15.7. The van der Waals surface area contributed by atoms with Gasteiger partial charge in [0.1, 0.15) is 0 Å². The summed E-state index contributed by atoms with van der Waals surface area (Å²) in [5.74, 6) is 2.28. The van der Waals surface area contributed by atoms with Gasteiger partial charge in [0.15, 0.2) is 0 Å². The smallest absolute Gasteiger partial charge is 0.0943 e. The number of ether oxygens (including phenoxy) is 1. The second kappa shape index (κ2) is 8.64. The van der Waals surface area contributed by atoms with Gasteiger partial charge in [-0.05, 0) is 87.0 Å². The monoisotopic (exact) mass is 606 g/mol. The molecule has 36 heavy (non-hydrogen) atoms. The van der Waals surface area contributed by atoms with E-state index in [2.05, 4.69) is 73.9 Å². The Labute approximate surface area is 232 Å². The molecule has 0 aromatic heterocycles. The van der Waals surface area contributed by atoms with Crippen LogP contribution in [0.1, 0.15) is 79.1 Å². The standard InChI is InChI=1S/C31H47IN2O2/c1-6-30-21(4)31(36-27(30)15-19(2)18-34(30)14-13-33)12-9-25-24(20(31)3)17-26-28(5)10-8-23(35)16-22(28)7-11-29(25,26)32/h6-7,19,21,23,25-27,35H,1,8-18,33H2,2-5H3/t19?,21-,23?,25?,26?,27?,28?,29?,30?,31?/m1/s1. The summed E-state index contributed by atoms with van der Waals surface area (Å²) in [5, 5.41) is 10.4. The zero-order valence-electron chi connectivity index (χ0n) is 22.9. The molecule has 5 heteroatoms. The van der Waals surface area contributed by atoms with Crippen LogP contribution < -0.4 is 5.73 Å². The SMILES string of the molecule is C=CC12C(CC(C)CN1CCN)OC1(CCC3C(=C1C)CC1C4(C)CCC(O)CC4=CCC31I)[C@@H]2C. The van der Waals surface area contributed by atoms with Crippen LogP contribution >= 0.6 is 22.6 Å². The third-order valence-electron chi connectivity index (χ3n) is 12.2. The predicted octanol–water partition coefficient (Wildman–Crippen LogP) is 5.79. The molecule has 0 amide bonds. The summed E-state index contributed by atoms with van der Waals surface area (Å²) in [4.78, 5) is 2.63. The number of nitrogens with two attached hydrogens (primary N) is 1. The minimum absolute atomic E-state index is 0.131. The number of likely N-dealkylation sites (tertiary alicyclic amines) is 1. The lowest BCUT2D eigenvalue weighted by atomic mass is 9.56. The fraction of sp³-hybridized carbons (Fsp3) is 0.806. The Kier molecular flexibility index (Phi) is 6.25. The van der Waals surface area contributed by atoms with Crippen LogP contribution in [0, 0.1) is 29.1 Å². The van der Waals surface area contributed by atoms with Crippen LogP contribution in [-0.2, 0) is 4.74 Å². The number of hydrogen-bond acceptors (Lipinski definition) is 4. The number of nitrogens with zero attached hydrogens (tertiary/aromatic N) is 1. The second-order valence-corrected chi connectivity index (χ2v) is 15.6. The minimum Gasteiger partial charge on any atom is -0.393 e. The molecule has 9 unspecified atom stereocenters. The van der Waals surface area contributed by atoms with Crippen molar-refractivity contribution in [3.05, 3.63) is 35.5 Å². The molecule has 1 spiro atoms. The third-order valence-corrected chi connectivity index (χ3v) is 14.2. The number of allylic oxidation sites excluding steroid dienone is 2. The van der Waals surface area contributed by atoms with E-state index in [1.54, 1.807) is 16.7 Å². The van der Waals surface area contributed by atoms with Crippen molar-refractivity contribution in [1.82, 2.24) is 4.90 Å². The molecule has 0 bridgehead atoms. The highest BCUT2D eigenvalue weighted by molar-refractivity contribution is 14.1. The summed E-state index contributed by atoms with van der Waals surface area (Å²) in [7, 11) is 0. The summed E-state index contributed by atoms with van der Waals surface area (Å²) >= 11 is 2.89. The Hall–Kier alpha value is -0.210. The zero-order valence-corrected chi connectivity index (χ0v) is 25.0. The van der Waals surface area contributed by atoms with Crippen LogP contribution in [0.5, 0.6) is 0 Å². The van der Waals surface area contributed by atoms with Gasteiger partial charge < -0.3 is 15.6 Å². The molecule has 2 saturated carbocycles. The number of halogens is 1. The number of aliphatic hydroxyl groups excluding tert-OH is 1. The van der Waals surface area contributed by atoms with Crippen molar-refractivity contribution in [2.45, 2.75) is 106 Å². The predicted molar refractivity (Wildman–Crippen MR) is 155 cm³/mol. The highest BCUT2D eigenvalue weighted by Crippen LogP contribution is 2.70. The highest BCUT2D eigenvalue weighted by Gasteiger charge is 2.68. The summed E-state index contributed by atoms with van der Waals surface area (Å²) in [6.45, 7) is 16.9. The van der Waals surface area contributed by atoms with E-state index in [4.69, 9.17) is 10.5 Å². The van der Waals surface area contributed by atoms with Crippen molar-refractivity contribution in [2.24, 2.45) is 34.8 Å². The van der Waals surface area contributed by atoms with Crippen LogP contribution in [-0.4, -0.2) is 56.4 Å². The minimum atomic E-state index is -0.192. The molecule has 4 nitrogen and oxygen atoms in total. The van der Waals surface area contributed by atoms with Crippen molar-refractivity contribution in [3.8, 4) is 0 Å². The van der Waals surface area contributed by atoms with E-state index in [1.165, 1.54) is 12.8 Å². The number of fused-ring (bicyclic) bond motifs is 6. The lowest BCUT2D eigenvalue weighted by molar-refractivity contribution is -0.0749. The first-order chi connectivity index (χ1) is 17.1. The number of rotatable bonds is 3. The van der Waals surface area contributed by atoms with E-state index >= 15 is 0 Å². The van der Waals surface area contributed by atoms with Crippen molar-refractivity contribution >= 4 is 22.6 Å². The van der Waals surface area contributed by atoms with E-state index in [9.17, 15) is 5.11 Å². The first kappa shape index (κ1) is 26.0. The molecule has 0 radical (unpaired) electrons. The highest BCUT2D eigenvalue weighted by atomic mass is 127. The van der Waals surface area contributed by atoms with Crippen molar-refractivity contribution < 1.29 is 9.84 Å². The molecule has 10 atom stereocenters. The fourth-order valence-electron chi connectivity index (χ4n) is 10.3. The number of alkyl halides is 1. The lowest BCUT2D eigenvalue weighted by Gasteiger charge is -2.53. The number of piperidine rings is 1. The molecule has 2 heterocycles. The first-order valence-electron chi connectivity index (χ1n) is 14.6. The molecular formula is C31H47IN2O2. The van der Waals surface area contributed by atoms with Gasteiger partial charge in [0.2, 0.25) is 0 Å². The van der Waals surface area contributed by atoms with E-state index < -0.39 is 0 Å². The molecule has 6 rings (SSSR count). The van der Waals surface area contributed by atoms with Crippen LogP contribution in [0.4, 0.5) is 0 Å². The van der Waals surface area contributed by atoms with Crippen LogP contribution in [0.25, 0.3) is 0 Å². The number of hydrogen-bond donors (Lipinski definition) is 2. The van der Waals surface area contributed by atoms with Gasteiger partial charge in [-0.15, -0.1) is 6.58 Å². The summed E-state index contributed by atoms with van der Waals surface area (Å²) in [5.41, 5.74) is 10.8. The summed E-state index contributed by atoms with van der Waals surface area (Å²) in [6.07, 6.45) is 13.6. The normalized spacial score (nSPS) is 52.5. The van der Waals surface area contributed by atoms with Gasteiger partial charge in [-0.2, -0.15) is 0 Å². The third kappa shape index (κ3) is 3.19. The summed E-state index contributed by atoms with van der Waals surface area (Å²) < 4.78 is 7.63. The lowest BCUT2D eigenvalue weighted by Crippen LogP contribution is -2.63. The largest absolute Gasteiger partial charge is 0.393 e. The maximum Gasteiger partial charge on any atom is 0.0943 e. The van der Waals surface area contributed by atoms with Crippen molar-refractivity contribution in [1.29, 1.82) is 0 Å². The van der Waals surface area contributed by atoms with Gasteiger partial charge in [-0.25, -0.2) is 0 Å². The molecule has 2 saturated heterocycles. The van der Waals surface area contributed by atoms with E-state index in [0.29, 0.717) is 33.6 Å². The molecule has 200 valence electrons. The zero-order chi connectivity index (χ0) is 25.7. The molecule has 0 aromatic carbocycles. The second-order valence-electron chi connectivity index (χ2n) is 13.6. The number of aliphatic hydroxyl groups is 1. The van der Waals surface area contributed by atoms with Gasteiger partial charge in [-0.3, -0.25) is 4.90 Å². The van der Waals surface area contributed by atoms with Gasteiger partial charge in [0, 0.05) is 29.0 Å². The Morgan fingerprint density at radius 3 is 2.78 bits per heavy atom. The van der Waals surface area contributed by atoms with Crippen molar-refractivity contribution in [2.75, 3.05) is 19.6 Å². The van der Waals surface area contributed by atoms with E-state index in [0.717, 1.165) is 51.6 Å². The Bertz CT molecular complexity index is 1010. The molecular weight excluding hydrogens is 559 g/mol. The molecule has 3 N–H and O–H groups in total. The average molecular weight is 607 g/mol. The molecule has 6 aliphatic rings. The van der Waals surface area contributed by atoms with E-state index in [1.807, 2.05) is 0 Å². The van der Waals surface area contributed by atoms with Crippen LogP contribution in [0.2, 0.25) is 0 Å². The molecule has 4 fully saturated rings. The fourth-order valence-corrected chi connectivity index (χ4v) is 12.1. The van der Waals surface area contributed by atoms with Crippen LogP contribution in [0.15, 0.2) is 35.5 Å². The molecule has 2 aliphatic heterocycles. The van der Waals surface area contributed by atoms with Gasteiger partial charge in [-0.1, -0.05) is 66.7 Å². The summed E-state index contributed by atoms with van der Waals surface area (Å²) in [6, 6.07) is 0. The molecule has 0 aromatic rings. The van der Waals surface area contributed by atoms with Crippen LogP contribution in [0.3, 0.4) is 0 Å². The van der Waals surface area contributed by atoms with E-state index in [-0.39, 0.29) is 28.8 Å². The molecule has 4 aliphatic carbocycles. The van der Waals surface area contributed by atoms with Crippen molar-refractivity contribution in [3.63, 3.8) is 0 Å². The average Bonchev–Trinajstić information content (AvgIpc) is 3.28. The maximum absolute atomic E-state index is 10.4. The van der Waals surface area contributed by atoms with Gasteiger partial charge >= 0.3 is 0 Å². The van der Waals surface area contributed by atoms with Gasteiger partial charge in [0.25, 0.3) is 0 Å². The Morgan fingerprint density at radius 1 is 1.28 bits per heavy atom. The topological polar surface area (TPSA) is 58.7 Å². The maximum atomic E-state index is 10.4. The quantitative estimate of drug-likeness (QED) is 0.243. The van der Waals surface area contributed by atoms with Gasteiger partial charge in [0.05, 0.1) is 23.3 Å². The Balaban J connectivity index is 1.40.